The van der Waals surface area contributed by atoms with Crippen LogP contribution in [0.2, 0.25) is 0 Å². The summed E-state index contributed by atoms with van der Waals surface area (Å²) in [6, 6.07) is 12.0. The number of amides is 6. The summed E-state index contributed by atoms with van der Waals surface area (Å²) in [6.07, 6.45) is 0. The molecule has 2 aliphatic rings. The van der Waals surface area contributed by atoms with Gasteiger partial charge in [0.15, 0.2) is 17.0 Å². The summed E-state index contributed by atoms with van der Waals surface area (Å²) in [7, 11) is 0. The van der Waals surface area contributed by atoms with Crippen molar-refractivity contribution in [3.8, 4) is 11.5 Å². The lowest BCUT2D eigenvalue weighted by Crippen LogP contribution is -2.45. The maximum atomic E-state index is 13.0. The predicted octanol–water partition coefficient (Wildman–Crippen LogP) is 2.32. The molecule has 6 amide bonds. The number of para-hydroxylation sites is 1. The van der Waals surface area contributed by atoms with Crippen LogP contribution in [-0.4, -0.2) is 48.5 Å². The van der Waals surface area contributed by atoms with Gasteiger partial charge in [-0.15, -0.1) is 0 Å². The van der Waals surface area contributed by atoms with E-state index in [1.165, 1.54) is 6.92 Å². The number of nitrogens with zero attached hydrogens (tertiary/aromatic N) is 1. The molecule has 1 fully saturated rings. The standard InChI is InChI=1S/C23H20N4O7/c1-23(18-10-13-4-2-3-5-15(13)34-18)20(29)27(22(31)26-23)12-19(28)25-21(30)24-14-6-7-16-17(11-14)33-9-8-32-16/h2-7,10-11H,8-9,12H2,1H3,(H,26,31)(H2,24,25,28,30)/t23-/m0/s1. The molecule has 3 N–H and O–H groups in total. The Hall–Kier alpha value is -4.54. The van der Waals surface area contributed by atoms with Crippen molar-refractivity contribution < 1.29 is 33.1 Å². The molecule has 0 spiro atoms. The summed E-state index contributed by atoms with van der Waals surface area (Å²) < 4.78 is 16.6. The number of hydrogen-bond donors (Lipinski definition) is 3. The van der Waals surface area contributed by atoms with Crippen LogP contribution in [0.15, 0.2) is 52.9 Å². The largest absolute Gasteiger partial charge is 0.486 e. The molecule has 1 atom stereocenters. The molecule has 1 saturated heterocycles. The minimum atomic E-state index is -1.48. The summed E-state index contributed by atoms with van der Waals surface area (Å²) >= 11 is 0. The number of carbonyl (C=O) groups is 4. The van der Waals surface area contributed by atoms with Crippen LogP contribution in [0.25, 0.3) is 11.0 Å². The number of imide groups is 2. The SMILES string of the molecule is C[C@@]1(c2cc3ccccc3o2)NC(=O)N(CC(=O)NC(=O)Nc2ccc3c(c2)OCCO3)C1=O. The van der Waals surface area contributed by atoms with E-state index < -0.39 is 36.0 Å². The zero-order valence-electron chi connectivity index (χ0n) is 18.0. The number of rotatable bonds is 4. The Labute approximate surface area is 193 Å². The first kappa shape index (κ1) is 21.3. The minimum Gasteiger partial charge on any atom is -0.486 e. The van der Waals surface area contributed by atoms with Crippen molar-refractivity contribution >= 4 is 40.5 Å². The van der Waals surface area contributed by atoms with Gasteiger partial charge in [0.1, 0.15) is 31.1 Å². The van der Waals surface area contributed by atoms with E-state index in [0.29, 0.717) is 36.0 Å². The second-order valence-corrected chi connectivity index (χ2v) is 7.96. The molecule has 0 bridgehead atoms. The van der Waals surface area contributed by atoms with Crippen LogP contribution in [0, 0.1) is 0 Å². The van der Waals surface area contributed by atoms with Crippen molar-refractivity contribution in [2.75, 3.05) is 25.1 Å². The molecule has 0 radical (unpaired) electrons. The highest BCUT2D eigenvalue weighted by Crippen LogP contribution is 2.33. The number of hydrogen-bond acceptors (Lipinski definition) is 7. The average Bonchev–Trinajstić information content (AvgIpc) is 3.35. The van der Waals surface area contributed by atoms with Gasteiger partial charge in [-0.2, -0.15) is 0 Å². The molecule has 3 aromatic rings. The molecule has 1 aromatic heterocycles. The fourth-order valence-corrected chi connectivity index (χ4v) is 3.83. The Kier molecular flexibility index (Phi) is 5.08. The number of fused-ring (bicyclic) bond motifs is 2. The lowest BCUT2D eigenvalue weighted by molar-refractivity contribution is -0.134. The zero-order chi connectivity index (χ0) is 23.9. The molecule has 2 aliphatic heterocycles. The highest BCUT2D eigenvalue weighted by Gasteiger charge is 2.51. The number of anilines is 1. The van der Waals surface area contributed by atoms with E-state index in [2.05, 4.69) is 16.0 Å². The second kappa shape index (κ2) is 8.10. The van der Waals surface area contributed by atoms with Crippen molar-refractivity contribution in [1.82, 2.24) is 15.5 Å². The van der Waals surface area contributed by atoms with E-state index in [4.69, 9.17) is 13.9 Å². The van der Waals surface area contributed by atoms with Crippen LogP contribution in [-0.2, 0) is 15.1 Å². The molecular formula is C23H20N4O7. The van der Waals surface area contributed by atoms with Gasteiger partial charge in [0.25, 0.3) is 5.91 Å². The van der Waals surface area contributed by atoms with Gasteiger partial charge in [0.05, 0.1) is 0 Å². The molecule has 11 nitrogen and oxygen atoms in total. The first-order valence-electron chi connectivity index (χ1n) is 10.5. The van der Waals surface area contributed by atoms with Gasteiger partial charge >= 0.3 is 12.1 Å². The fourth-order valence-electron chi connectivity index (χ4n) is 3.83. The molecule has 0 aliphatic carbocycles. The van der Waals surface area contributed by atoms with Crippen molar-refractivity contribution in [2.45, 2.75) is 12.5 Å². The van der Waals surface area contributed by atoms with E-state index in [1.807, 2.05) is 12.1 Å². The van der Waals surface area contributed by atoms with Crippen molar-refractivity contribution in [1.29, 1.82) is 0 Å². The summed E-state index contributed by atoms with van der Waals surface area (Å²) in [5.74, 6) is -0.239. The number of benzene rings is 2. The van der Waals surface area contributed by atoms with Crippen LogP contribution in [0.5, 0.6) is 11.5 Å². The van der Waals surface area contributed by atoms with Gasteiger partial charge in [-0.3, -0.25) is 19.8 Å². The van der Waals surface area contributed by atoms with Gasteiger partial charge in [-0.1, -0.05) is 18.2 Å². The van der Waals surface area contributed by atoms with Crippen molar-refractivity contribution in [2.24, 2.45) is 0 Å². The molecule has 0 saturated carbocycles. The number of carbonyl (C=O) groups excluding carboxylic acids is 4. The smallest absolute Gasteiger partial charge is 0.325 e. The first-order chi connectivity index (χ1) is 16.3. The van der Waals surface area contributed by atoms with Crippen LogP contribution < -0.4 is 25.4 Å². The number of urea groups is 2. The molecule has 34 heavy (non-hydrogen) atoms. The third-order valence-corrected chi connectivity index (χ3v) is 5.55. The molecule has 3 heterocycles. The van der Waals surface area contributed by atoms with Gasteiger partial charge in [-0.05, 0) is 31.2 Å². The first-order valence-corrected chi connectivity index (χ1v) is 10.5. The van der Waals surface area contributed by atoms with Crippen LogP contribution in [0.1, 0.15) is 12.7 Å². The Morgan fingerprint density at radius 1 is 1.06 bits per heavy atom. The van der Waals surface area contributed by atoms with E-state index >= 15 is 0 Å². The van der Waals surface area contributed by atoms with E-state index in [9.17, 15) is 19.2 Å². The number of ether oxygens (including phenoxy) is 2. The molecular weight excluding hydrogens is 444 g/mol. The van der Waals surface area contributed by atoms with Gasteiger partial charge in [0, 0.05) is 17.1 Å². The lowest BCUT2D eigenvalue weighted by Gasteiger charge is -2.19. The monoisotopic (exact) mass is 464 g/mol. The van der Waals surface area contributed by atoms with E-state index in [1.54, 1.807) is 36.4 Å². The Morgan fingerprint density at radius 2 is 1.82 bits per heavy atom. The Bertz CT molecular complexity index is 1300. The van der Waals surface area contributed by atoms with Crippen LogP contribution in [0.3, 0.4) is 0 Å². The predicted molar refractivity (Wildman–Crippen MR) is 118 cm³/mol. The fraction of sp³-hybridized carbons (Fsp3) is 0.217. The molecule has 11 heteroatoms. The van der Waals surface area contributed by atoms with Crippen LogP contribution in [0.4, 0.5) is 15.3 Å². The number of furan rings is 1. The van der Waals surface area contributed by atoms with Crippen molar-refractivity contribution in [3.63, 3.8) is 0 Å². The van der Waals surface area contributed by atoms with Gasteiger partial charge in [0.2, 0.25) is 5.91 Å². The molecule has 174 valence electrons. The molecule has 2 aromatic carbocycles. The maximum absolute atomic E-state index is 13.0. The highest BCUT2D eigenvalue weighted by molar-refractivity contribution is 6.10. The minimum absolute atomic E-state index is 0.242. The normalized spacial score (nSPS) is 19.1. The molecule has 0 unspecified atom stereocenters. The van der Waals surface area contributed by atoms with Crippen molar-refractivity contribution in [3.05, 3.63) is 54.3 Å². The zero-order valence-corrected chi connectivity index (χ0v) is 18.0. The van der Waals surface area contributed by atoms with Gasteiger partial charge < -0.3 is 24.5 Å². The molecule has 5 rings (SSSR count). The number of nitrogens with one attached hydrogen (secondary N) is 3. The van der Waals surface area contributed by atoms with E-state index in [-0.39, 0.29) is 5.76 Å². The summed E-state index contributed by atoms with van der Waals surface area (Å²) in [5.41, 5.74) is -0.543. The second-order valence-electron chi connectivity index (χ2n) is 7.96. The third-order valence-electron chi connectivity index (χ3n) is 5.55. The highest BCUT2D eigenvalue weighted by atomic mass is 16.6. The van der Waals surface area contributed by atoms with E-state index in [0.717, 1.165) is 10.3 Å². The summed E-state index contributed by atoms with van der Waals surface area (Å²) in [5, 5.41) is 7.95. The Balaban J connectivity index is 1.23. The lowest BCUT2D eigenvalue weighted by atomic mass is 9.99. The van der Waals surface area contributed by atoms with Crippen LogP contribution >= 0.6 is 0 Å². The topological polar surface area (TPSA) is 139 Å². The maximum Gasteiger partial charge on any atom is 0.325 e. The quantitative estimate of drug-likeness (QED) is 0.504. The third kappa shape index (κ3) is 3.76. The summed E-state index contributed by atoms with van der Waals surface area (Å²) in [6.45, 7) is 1.68. The average molecular weight is 464 g/mol. The summed E-state index contributed by atoms with van der Waals surface area (Å²) in [4.78, 5) is 50.9. The van der Waals surface area contributed by atoms with Gasteiger partial charge in [-0.25, -0.2) is 9.59 Å². The Morgan fingerprint density at radius 3 is 2.62 bits per heavy atom.